The summed E-state index contributed by atoms with van der Waals surface area (Å²) in [5.74, 6) is 0.0531. The molecule has 3 N–H and O–H groups in total. The number of nitrogens with zero attached hydrogens (tertiary/aromatic N) is 7. The van der Waals surface area contributed by atoms with E-state index in [-0.39, 0.29) is 17.8 Å². The van der Waals surface area contributed by atoms with Crippen LogP contribution in [-0.4, -0.2) is 99.8 Å². The summed E-state index contributed by atoms with van der Waals surface area (Å²) in [7, 11) is 3.75. The fourth-order valence-electron chi connectivity index (χ4n) is 5.79. The van der Waals surface area contributed by atoms with E-state index >= 15 is 0 Å². The monoisotopic (exact) mass is 549 g/mol. The minimum absolute atomic E-state index is 0.148. The molecule has 0 atom stereocenters. The van der Waals surface area contributed by atoms with Crippen LogP contribution in [-0.2, 0) is 0 Å². The van der Waals surface area contributed by atoms with Crippen LogP contribution in [0.15, 0.2) is 30.6 Å². The van der Waals surface area contributed by atoms with Crippen LogP contribution in [0.4, 0.5) is 22.2 Å². The Bertz CT molecular complexity index is 1310. The lowest BCUT2D eigenvalue weighted by Gasteiger charge is -2.37. The lowest BCUT2D eigenvalue weighted by atomic mass is 10.2. The Balaban J connectivity index is 0.00000103. The Morgan fingerprint density at radius 1 is 0.900 bits per heavy atom. The van der Waals surface area contributed by atoms with Crippen molar-refractivity contribution in [2.45, 2.75) is 44.6 Å². The molecule has 0 aromatic carbocycles. The number of carboxylic acid groups (broad SMARTS) is 1. The van der Waals surface area contributed by atoms with E-state index in [1.165, 1.54) is 0 Å². The van der Waals surface area contributed by atoms with Crippen molar-refractivity contribution in [1.82, 2.24) is 34.6 Å². The van der Waals surface area contributed by atoms with Gasteiger partial charge in [-0.3, -0.25) is 0 Å². The maximum atomic E-state index is 12.6. The average Bonchev–Trinajstić information content (AvgIpc) is 3.75. The average molecular weight is 550 g/mol. The summed E-state index contributed by atoms with van der Waals surface area (Å²) in [6.07, 6.45) is 9.81. The van der Waals surface area contributed by atoms with E-state index in [1.54, 1.807) is 12.3 Å². The number of aromatic nitrogens is 4. The molecule has 3 aliphatic rings. The third kappa shape index (κ3) is 5.96. The minimum atomic E-state index is -0.946. The standard InChI is InChI=1S/C26H32N8O3.C2H7N/c35-24(36)21-15-18-16-28-25(30-23(18)34(21)19-5-1-2-6-19)29-22-8-7-20(17-27-22)31-11-13-33(14-12-31)26(37)32-9-3-4-10-32;1-3-2/h7-8,15-17,19H,1-6,9-14H2,(H,35,36)(H,27,28,29,30);3H,1-2H3. The molecule has 5 heterocycles. The first kappa shape index (κ1) is 27.6. The number of nitrogens with one attached hydrogen (secondary N) is 2. The van der Waals surface area contributed by atoms with Gasteiger partial charge in [0, 0.05) is 56.9 Å². The molecule has 0 unspecified atom stereocenters. The van der Waals surface area contributed by atoms with Crippen molar-refractivity contribution in [3.63, 3.8) is 0 Å². The zero-order valence-corrected chi connectivity index (χ0v) is 23.3. The number of carboxylic acids is 1. The molecule has 0 spiro atoms. The minimum Gasteiger partial charge on any atom is -0.477 e. The zero-order chi connectivity index (χ0) is 28.1. The predicted molar refractivity (Wildman–Crippen MR) is 154 cm³/mol. The lowest BCUT2D eigenvalue weighted by Crippen LogP contribution is -2.52. The number of hydrogen-bond donors (Lipinski definition) is 3. The number of aromatic carboxylic acids is 1. The number of anilines is 3. The van der Waals surface area contributed by atoms with Gasteiger partial charge in [-0.05, 0) is 58.0 Å². The van der Waals surface area contributed by atoms with Gasteiger partial charge < -0.3 is 35.0 Å². The second-order valence-electron chi connectivity index (χ2n) is 10.6. The van der Waals surface area contributed by atoms with E-state index in [0.717, 1.165) is 75.8 Å². The molecule has 2 saturated heterocycles. The molecular weight excluding hydrogens is 510 g/mol. The van der Waals surface area contributed by atoms with Gasteiger partial charge in [-0.15, -0.1) is 0 Å². The quantitative estimate of drug-likeness (QED) is 0.437. The first-order valence-electron chi connectivity index (χ1n) is 14.2. The highest BCUT2D eigenvalue weighted by Crippen LogP contribution is 2.34. The Hall–Kier alpha value is -3.93. The normalized spacial score (nSPS) is 17.7. The molecule has 3 aromatic heterocycles. The van der Waals surface area contributed by atoms with Gasteiger partial charge in [-0.2, -0.15) is 4.98 Å². The van der Waals surface area contributed by atoms with Gasteiger partial charge in [0.05, 0.1) is 11.9 Å². The Labute approximate surface area is 234 Å². The summed E-state index contributed by atoms with van der Waals surface area (Å²) in [5, 5.41) is 16.4. The highest BCUT2D eigenvalue weighted by Gasteiger charge is 2.28. The summed E-state index contributed by atoms with van der Waals surface area (Å²) in [4.78, 5) is 44.3. The van der Waals surface area contributed by atoms with Crippen LogP contribution in [0.1, 0.15) is 55.1 Å². The number of piperazine rings is 1. The molecule has 214 valence electrons. The number of rotatable bonds is 5. The summed E-state index contributed by atoms with van der Waals surface area (Å²) in [6.45, 7) is 4.72. The van der Waals surface area contributed by atoms with Gasteiger partial charge in [0.2, 0.25) is 5.95 Å². The molecule has 2 aliphatic heterocycles. The molecule has 0 bridgehead atoms. The number of urea groups is 1. The smallest absolute Gasteiger partial charge is 0.352 e. The van der Waals surface area contributed by atoms with Crippen molar-refractivity contribution in [3.8, 4) is 0 Å². The van der Waals surface area contributed by atoms with E-state index in [1.807, 2.05) is 46.8 Å². The summed E-state index contributed by atoms with van der Waals surface area (Å²) < 4.78 is 1.86. The van der Waals surface area contributed by atoms with E-state index in [2.05, 4.69) is 30.5 Å². The summed E-state index contributed by atoms with van der Waals surface area (Å²) in [5.41, 5.74) is 1.91. The molecule has 12 heteroatoms. The SMILES string of the molecule is CNC.O=C(O)c1cc2cnc(Nc3ccc(N4CCN(C(=O)N5CCCC5)CC4)cn3)nc2n1C1CCCC1. The predicted octanol–water partition coefficient (Wildman–Crippen LogP) is 3.56. The molecule has 12 nitrogen and oxygen atoms in total. The number of carbonyl (C=O) groups excluding carboxylic acids is 1. The molecular formula is C28H39N9O3. The molecule has 2 amide bonds. The van der Waals surface area contributed by atoms with E-state index in [0.29, 0.717) is 30.5 Å². The Morgan fingerprint density at radius 2 is 1.57 bits per heavy atom. The van der Waals surface area contributed by atoms with Crippen LogP contribution in [0, 0.1) is 0 Å². The fourth-order valence-corrected chi connectivity index (χ4v) is 5.79. The Morgan fingerprint density at radius 3 is 2.20 bits per heavy atom. The van der Waals surface area contributed by atoms with Crippen molar-refractivity contribution in [2.75, 3.05) is 63.6 Å². The maximum Gasteiger partial charge on any atom is 0.352 e. The number of hydrogen-bond acceptors (Lipinski definition) is 8. The first-order valence-corrected chi connectivity index (χ1v) is 14.2. The van der Waals surface area contributed by atoms with Crippen LogP contribution in [0.25, 0.3) is 11.0 Å². The largest absolute Gasteiger partial charge is 0.477 e. The second kappa shape index (κ2) is 12.5. The Kier molecular flexibility index (Phi) is 8.63. The van der Waals surface area contributed by atoms with E-state index in [9.17, 15) is 14.7 Å². The third-order valence-corrected chi connectivity index (χ3v) is 7.76. The number of likely N-dealkylation sites (tertiary alicyclic amines) is 1. The zero-order valence-electron chi connectivity index (χ0n) is 23.3. The van der Waals surface area contributed by atoms with E-state index in [4.69, 9.17) is 0 Å². The number of amides is 2. The lowest BCUT2D eigenvalue weighted by molar-refractivity contribution is 0.0683. The third-order valence-electron chi connectivity index (χ3n) is 7.76. The summed E-state index contributed by atoms with van der Waals surface area (Å²) >= 11 is 0. The van der Waals surface area contributed by atoms with Crippen molar-refractivity contribution in [3.05, 3.63) is 36.3 Å². The first-order chi connectivity index (χ1) is 19.5. The van der Waals surface area contributed by atoms with Crippen LogP contribution < -0.4 is 15.5 Å². The van der Waals surface area contributed by atoms with Crippen molar-refractivity contribution < 1.29 is 14.7 Å². The van der Waals surface area contributed by atoms with Gasteiger partial charge in [0.25, 0.3) is 0 Å². The molecule has 3 fully saturated rings. The highest BCUT2D eigenvalue weighted by atomic mass is 16.4. The van der Waals surface area contributed by atoms with Crippen molar-refractivity contribution in [2.24, 2.45) is 0 Å². The second-order valence-corrected chi connectivity index (χ2v) is 10.6. The van der Waals surface area contributed by atoms with E-state index < -0.39 is 5.97 Å². The topological polar surface area (TPSA) is 132 Å². The van der Waals surface area contributed by atoms with Gasteiger partial charge in [0.15, 0.2) is 0 Å². The number of carbonyl (C=O) groups is 2. The molecule has 1 aliphatic carbocycles. The van der Waals surface area contributed by atoms with Crippen molar-refractivity contribution in [1.29, 1.82) is 0 Å². The number of pyridine rings is 1. The van der Waals surface area contributed by atoms with Crippen LogP contribution in [0.3, 0.4) is 0 Å². The molecule has 40 heavy (non-hydrogen) atoms. The van der Waals surface area contributed by atoms with Crippen LogP contribution in [0.5, 0.6) is 0 Å². The molecule has 0 radical (unpaired) electrons. The van der Waals surface area contributed by atoms with Gasteiger partial charge in [-0.1, -0.05) is 12.8 Å². The molecule has 3 aromatic rings. The van der Waals surface area contributed by atoms with Gasteiger partial charge in [0.1, 0.15) is 17.2 Å². The molecule has 1 saturated carbocycles. The summed E-state index contributed by atoms with van der Waals surface area (Å²) in [6, 6.07) is 5.88. The maximum absolute atomic E-state index is 12.6. The fraction of sp³-hybridized carbons (Fsp3) is 0.536. The van der Waals surface area contributed by atoms with Gasteiger partial charge in [-0.25, -0.2) is 19.6 Å². The molecule has 6 rings (SSSR count). The highest BCUT2D eigenvalue weighted by molar-refractivity contribution is 5.93. The van der Waals surface area contributed by atoms with Crippen LogP contribution >= 0.6 is 0 Å². The van der Waals surface area contributed by atoms with Crippen LogP contribution in [0.2, 0.25) is 0 Å². The number of fused-ring (bicyclic) bond motifs is 1. The van der Waals surface area contributed by atoms with Crippen molar-refractivity contribution >= 4 is 40.5 Å². The van der Waals surface area contributed by atoms with Gasteiger partial charge >= 0.3 is 12.0 Å².